The monoisotopic (exact) mass is 349 g/mol. The van der Waals surface area contributed by atoms with Crippen molar-refractivity contribution in [3.05, 3.63) is 16.3 Å². The third-order valence-electron chi connectivity index (χ3n) is 4.54. The third kappa shape index (κ3) is 2.50. The number of carbonyl (C=O) groups is 2. The van der Waals surface area contributed by atoms with Crippen LogP contribution in [0.3, 0.4) is 0 Å². The number of ether oxygens (including phenoxy) is 1. The van der Waals surface area contributed by atoms with Crippen LogP contribution in [0.15, 0.2) is 0 Å². The zero-order valence-electron chi connectivity index (χ0n) is 14.0. The number of nitrogens with zero attached hydrogens (tertiary/aromatic N) is 3. The Hall–Kier alpha value is -2.22. The summed E-state index contributed by atoms with van der Waals surface area (Å²) in [5.74, 6) is 0.102. The summed E-state index contributed by atoms with van der Waals surface area (Å²) in [6.07, 6.45) is 0.555. The predicted molar refractivity (Wildman–Crippen MR) is 90.8 cm³/mol. The molecule has 2 aromatic heterocycles. The Morgan fingerprint density at radius 1 is 1.33 bits per heavy atom. The molecule has 0 saturated carbocycles. The molecule has 8 heteroatoms. The van der Waals surface area contributed by atoms with Gasteiger partial charge in [0.2, 0.25) is 0 Å². The van der Waals surface area contributed by atoms with E-state index in [0.29, 0.717) is 36.0 Å². The molecule has 1 unspecified atom stereocenters. The first-order valence-corrected chi connectivity index (χ1v) is 8.43. The van der Waals surface area contributed by atoms with Gasteiger partial charge in [0.1, 0.15) is 21.3 Å². The number of aromatic nitrogens is 2. The van der Waals surface area contributed by atoms with Gasteiger partial charge < -0.3 is 14.7 Å². The molecule has 3 rings (SSSR count). The van der Waals surface area contributed by atoms with Gasteiger partial charge in [-0.2, -0.15) is 0 Å². The second-order valence-electron chi connectivity index (χ2n) is 6.36. The number of carboxylic acids is 1. The maximum Gasteiger partial charge on any atom is 0.348 e. The molecule has 128 valence electrons. The van der Waals surface area contributed by atoms with Crippen LogP contribution >= 0.6 is 11.3 Å². The maximum absolute atomic E-state index is 12.0. The summed E-state index contributed by atoms with van der Waals surface area (Å²) in [5.41, 5.74) is -0.0129. The summed E-state index contributed by atoms with van der Waals surface area (Å²) < 4.78 is 4.84. The van der Waals surface area contributed by atoms with Crippen molar-refractivity contribution in [2.24, 2.45) is 5.41 Å². The fourth-order valence-corrected chi connectivity index (χ4v) is 4.19. The molecule has 0 spiro atoms. The Labute approximate surface area is 143 Å². The molecule has 1 N–H and O–H groups in total. The van der Waals surface area contributed by atoms with Gasteiger partial charge in [-0.05, 0) is 32.8 Å². The fraction of sp³-hybridized carbons (Fsp3) is 0.500. The lowest BCUT2D eigenvalue weighted by atomic mass is 9.90. The van der Waals surface area contributed by atoms with Crippen molar-refractivity contribution in [2.75, 3.05) is 25.1 Å². The van der Waals surface area contributed by atoms with Crippen molar-refractivity contribution in [2.45, 2.75) is 27.2 Å². The normalized spacial score (nSPS) is 20.6. The molecule has 0 radical (unpaired) electrons. The van der Waals surface area contributed by atoms with Crippen LogP contribution in [0.25, 0.3) is 10.2 Å². The van der Waals surface area contributed by atoms with Gasteiger partial charge in [0, 0.05) is 13.1 Å². The Morgan fingerprint density at radius 3 is 2.62 bits per heavy atom. The molecule has 1 aliphatic rings. The van der Waals surface area contributed by atoms with Gasteiger partial charge in [0.15, 0.2) is 0 Å². The van der Waals surface area contributed by atoms with Crippen LogP contribution in [-0.4, -0.2) is 47.2 Å². The number of thiophene rings is 1. The summed E-state index contributed by atoms with van der Waals surface area (Å²) >= 11 is 1.28. The zero-order valence-corrected chi connectivity index (χ0v) is 14.9. The summed E-state index contributed by atoms with van der Waals surface area (Å²) in [6, 6.07) is 0. The highest BCUT2D eigenvalue weighted by atomic mass is 32.1. The van der Waals surface area contributed by atoms with E-state index in [2.05, 4.69) is 9.97 Å². The number of rotatable bonds is 3. The van der Waals surface area contributed by atoms with E-state index in [-0.39, 0.29) is 0 Å². The molecule has 2 aromatic rings. The quantitative estimate of drug-likeness (QED) is 0.851. The number of aryl methyl sites for hydroxylation is 2. The first-order chi connectivity index (χ1) is 11.3. The van der Waals surface area contributed by atoms with Gasteiger partial charge >= 0.3 is 11.9 Å². The molecule has 1 fully saturated rings. The van der Waals surface area contributed by atoms with Crippen molar-refractivity contribution in [1.29, 1.82) is 0 Å². The summed E-state index contributed by atoms with van der Waals surface area (Å²) in [5, 5.41) is 10.3. The van der Waals surface area contributed by atoms with Crippen LogP contribution < -0.4 is 4.90 Å². The highest BCUT2D eigenvalue weighted by Gasteiger charge is 2.41. The van der Waals surface area contributed by atoms with E-state index in [1.165, 1.54) is 18.4 Å². The van der Waals surface area contributed by atoms with E-state index >= 15 is 0 Å². The number of methoxy groups -OCH3 is 1. The van der Waals surface area contributed by atoms with Crippen molar-refractivity contribution in [1.82, 2.24) is 9.97 Å². The Balaban J connectivity index is 2.13. The minimum Gasteiger partial charge on any atom is -0.481 e. The molecule has 7 nitrogen and oxygen atoms in total. The summed E-state index contributed by atoms with van der Waals surface area (Å²) in [7, 11) is 1.35. The first kappa shape index (κ1) is 16.6. The van der Waals surface area contributed by atoms with Gasteiger partial charge in [-0.3, -0.25) is 4.79 Å². The van der Waals surface area contributed by atoms with Crippen LogP contribution in [0.2, 0.25) is 0 Å². The van der Waals surface area contributed by atoms with Crippen LogP contribution in [-0.2, 0) is 9.53 Å². The number of carbonyl (C=O) groups excluding carboxylic acids is 1. The zero-order chi connectivity index (χ0) is 17.6. The maximum atomic E-state index is 12.0. The number of hydrogen-bond acceptors (Lipinski definition) is 7. The van der Waals surface area contributed by atoms with Gasteiger partial charge in [-0.15, -0.1) is 11.3 Å². The van der Waals surface area contributed by atoms with E-state index < -0.39 is 17.4 Å². The second-order valence-corrected chi connectivity index (χ2v) is 7.36. The van der Waals surface area contributed by atoms with E-state index in [1.54, 1.807) is 13.8 Å². The summed E-state index contributed by atoms with van der Waals surface area (Å²) in [4.78, 5) is 35.7. The standard InChI is InChI=1S/C16H19N3O4S/c1-8-10-12(19-6-5-16(3,7-19)15(21)22)17-9(2)18-13(10)24-11(8)14(20)23-4/h5-7H2,1-4H3,(H,21,22). The average molecular weight is 349 g/mol. The number of esters is 1. The molecule has 1 saturated heterocycles. The highest BCUT2D eigenvalue weighted by molar-refractivity contribution is 7.20. The largest absolute Gasteiger partial charge is 0.481 e. The van der Waals surface area contributed by atoms with E-state index in [9.17, 15) is 14.7 Å². The molecule has 3 heterocycles. The second kappa shape index (κ2) is 5.70. The van der Waals surface area contributed by atoms with Crippen molar-refractivity contribution < 1.29 is 19.4 Å². The fourth-order valence-electron chi connectivity index (χ4n) is 3.05. The van der Waals surface area contributed by atoms with Crippen molar-refractivity contribution in [3.63, 3.8) is 0 Å². The number of anilines is 1. The molecule has 1 atom stereocenters. The average Bonchev–Trinajstić information content (AvgIpc) is 3.08. The molecule has 1 aliphatic heterocycles. The topological polar surface area (TPSA) is 92.6 Å². The van der Waals surface area contributed by atoms with E-state index in [4.69, 9.17) is 4.74 Å². The van der Waals surface area contributed by atoms with Gasteiger partial charge in [0.05, 0.1) is 17.9 Å². The van der Waals surface area contributed by atoms with Crippen molar-refractivity contribution in [3.8, 4) is 0 Å². The molecule has 24 heavy (non-hydrogen) atoms. The van der Waals surface area contributed by atoms with E-state index in [0.717, 1.165) is 15.8 Å². The Morgan fingerprint density at radius 2 is 2.04 bits per heavy atom. The smallest absolute Gasteiger partial charge is 0.348 e. The number of fused-ring (bicyclic) bond motifs is 1. The SMILES string of the molecule is COC(=O)c1sc2nc(C)nc(N3CCC(C)(C(=O)O)C3)c2c1C. The molecule has 0 bridgehead atoms. The Kier molecular flexibility index (Phi) is 3.95. The minimum absolute atomic E-state index is 0.386. The lowest BCUT2D eigenvalue weighted by Gasteiger charge is -2.22. The van der Waals surface area contributed by atoms with Crippen molar-refractivity contribution >= 4 is 39.3 Å². The van der Waals surface area contributed by atoms with Gasteiger partial charge in [-0.25, -0.2) is 14.8 Å². The van der Waals surface area contributed by atoms with Crippen LogP contribution in [0, 0.1) is 19.3 Å². The summed E-state index contributed by atoms with van der Waals surface area (Å²) in [6.45, 7) is 6.39. The lowest BCUT2D eigenvalue weighted by Crippen LogP contribution is -2.32. The lowest BCUT2D eigenvalue weighted by molar-refractivity contribution is -0.146. The Bertz CT molecular complexity index is 847. The van der Waals surface area contributed by atoms with Gasteiger partial charge in [-0.1, -0.05) is 0 Å². The van der Waals surface area contributed by atoms with Crippen LogP contribution in [0.5, 0.6) is 0 Å². The third-order valence-corrected chi connectivity index (χ3v) is 5.71. The molecule has 0 aromatic carbocycles. The highest BCUT2D eigenvalue weighted by Crippen LogP contribution is 2.39. The number of aliphatic carboxylic acids is 1. The first-order valence-electron chi connectivity index (χ1n) is 7.61. The van der Waals surface area contributed by atoms with Gasteiger partial charge in [0.25, 0.3) is 0 Å². The van der Waals surface area contributed by atoms with E-state index in [1.807, 2.05) is 11.8 Å². The molecular formula is C16H19N3O4S. The van der Waals surface area contributed by atoms with Crippen LogP contribution in [0.1, 0.15) is 34.4 Å². The predicted octanol–water partition coefficient (Wildman–Crippen LogP) is 2.40. The molecular weight excluding hydrogens is 330 g/mol. The van der Waals surface area contributed by atoms with Crippen LogP contribution in [0.4, 0.5) is 5.82 Å². The minimum atomic E-state index is -0.802. The molecule has 0 aliphatic carbocycles. The number of hydrogen-bond donors (Lipinski definition) is 1. The molecule has 0 amide bonds. The number of carboxylic acid groups (broad SMARTS) is 1.